The lowest BCUT2D eigenvalue weighted by molar-refractivity contribution is -0.140. The van der Waals surface area contributed by atoms with Crippen molar-refractivity contribution in [3.63, 3.8) is 0 Å². The number of carboxylic acid groups (broad SMARTS) is 1. The minimum atomic E-state index is -0.645. The lowest BCUT2D eigenvalue weighted by Gasteiger charge is -2.42. The van der Waals surface area contributed by atoms with Gasteiger partial charge in [-0.1, -0.05) is 27.2 Å². The Morgan fingerprint density at radius 2 is 1.94 bits per heavy atom. The van der Waals surface area contributed by atoms with E-state index in [0.29, 0.717) is 18.3 Å². The Labute approximate surface area is 111 Å². The molecule has 0 heterocycles. The molecule has 2 N–H and O–H groups in total. The number of unbranched alkanes of at least 4 members (excludes halogenated alkanes) is 1. The molecule has 0 bridgehead atoms. The standard InChI is InChI=1S/C15H29NO2/c1-4-5-6-16-11-15(10-14(17)18)8-12(2)7-13(3)9-15/h12-13,16H,4-11H2,1-3H3,(H,17,18)/t12-,13+,15-. The van der Waals surface area contributed by atoms with Crippen molar-refractivity contribution in [3.05, 3.63) is 0 Å². The second-order valence-corrected chi connectivity index (χ2v) is 6.46. The van der Waals surface area contributed by atoms with Crippen LogP contribution >= 0.6 is 0 Å². The number of nitrogens with one attached hydrogen (secondary N) is 1. The maximum Gasteiger partial charge on any atom is 0.303 e. The largest absolute Gasteiger partial charge is 0.481 e. The van der Waals surface area contributed by atoms with Gasteiger partial charge in [0.25, 0.3) is 0 Å². The van der Waals surface area contributed by atoms with Crippen LogP contribution in [-0.4, -0.2) is 24.2 Å². The molecule has 0 aliphatic heterocycles. The highest BCUT2D eigenvalue weighted by atomic mass is 16.4. The molecule has 3 heteroatoms. The smallest absolute Gasteiger partial charge is 0.303 e. The van der Waals surface area contributed by atoms with Crippen molar-refractivity contribution in [2.24, 2.45) is 17.3 Å². The zero-order valence-corrected chi connectivity index (χ0v) is 12.2. The maximum atomic E-state index is 11.1. The molecule has 1 rings (SSSR count). The van der Waals surface area contributed by atoms with Crippen LogP contribution in [0.15, 0.2) is 0 Å². The van der Waals surface area contributed by atoms with Crippen molar-refractivity contribution in [1.82, 2.24) is 5.32 Å². The molecule has 1 fully saturated rings. The predicted octanol–water partition coefficient (Wildman–Crippen LogP) is 3.29. The van der Waals surface area contributed by atoms with Crippen LogP contribution < -0.4 is 5.32 Å². The molecule has 106 valence electrons. The first kappa shape index (κ1) is 15.5. The van der Waals surface area contributed by atoms with E-state index in [1.807, 2.05) is 0 Å². The van der Waals surface area contributed by atoms with Crippen molar-refractivity contribution >= 4 is 5.97 Å². The van der Waals surface area contributed by atoms with E-state index < -0.39 is 5.97 Å². The van der Waals surface area contributed by atoms with Crippen molar-refractivity contribution in [1.29, 1.82) is 0 Å². The van der Waals surface area contributed by atoms with E-state index in [2.05, 4.69) is 26.1 Å². The van der Waals surface area contributed by atoms with Gasteiger partial charge in [0.15, 0.2) is 0 Å². The lowest BCUT2D eigenvalue weighted by atomic mass is 9.64. The van der Waals surface area contributed by atoms with Crippen LogP contribution in [0.25, 0.3) is 0 Å². The summed E-state index contributed by atoms with van der Waals surface area (Å²) in [4.78, 5) is 11.1. The monoisotopic (exact) mass is 255 g/mol. The normalized spacial score (nSPS) is 32.4. The van der Waals surface area contributed by atoms with Crippen LogP contribution in [-0.2, 0) is 4.79 Å². The molecule has 3 nitrogen and oxygen atoms in total. The SMILES string of the molecule is CCCCNC[C@]1(CC(=O)O)C[C@H](C)C[C@H](C)C1. The van der Waals surface area contributed by atoms with Crippen LogP contribution in [0.3, 0.4) is 0 Å². The number of hydrogen-bond acceptors (Lipinski definition) is 2. The van der Waals surface area contributed by atoms with E-state index in [1.165, 1.54) is 19.3 Å². The van der Waals surface area contributed by atoms with Crippen LogP contribution in [0.4, 0.5) is 0 Å². The van der Waals surface area contributed by atoms with Gasteiger partial charge in [-0.05, 0) is 49.5 Å². The average molecular weight is 255 g/mol. The van der Waals surface area contributed by atoms with E-state index in [0.717, 1.165) is 25.9 Å². The van der Waals surface area contributed by atoms with Crippen molar-refractivity contribution in [3.8, 4) is 0 Å². The van der Waals surface area contributed by atoms with Gasteiger partial charge in [0, 0.05) is 6.54 Å². The molecule has 0 spiro atoms. The number of rotatable bonds is 7. The first-order chi connectivity index (χ1) is 8.47. The molecule has 0 radical (unpaired) electrons. The number of carboxylic acids is 1. The van der Waals surface area contributed by atoms with Gasteiger partial charge in [-0.15, -0.1) is 0 Å². The van der Waals surface area contributed by atoms with Crippen molar-refractivity contribution in [2.75, 3.05) is 13.1 Å². The third kappa shape index (κ3) is 4.97. The van der Waals surface area contributed by atoms with Gasteiger partial charge in [-0.2, -0.15) is 0 Å². The molecule has 0 saturated heterocycles. The Bertz CT molecular complexity index is 255. The van der Waals surface area contributed by atoms with E-state index >= 15 is 0 Å². The maximum absolute atomic E-state index is 11.1. The Hall–Kier alpha value is -0.570. The van der Waals surface area contributed by atoms with E-state index in [4.69, 9.17) is 0 Å². The summed E-state index contributed by atoms with van der Waals surface area (Å²) in [6.07, 6.45) is 6.04. The molecule has 1 saturated carbocycles. The first-order valence-electron chi connectivity index (χ1n) is 7.40. The van der Waals surface area contributed by atoms with Gasteiger partial charge < -0.3 is 10.4 Å². The number of aliphatic carboxylic acids is 1. The Kier molecular flexibility index (Phi) is 6.13. The summed E-state index contributed by atoms with van der Waals surface area (Å²) in [6, 6.07) is 0. The fourth-order valence-corrected chi connectivity index (χ4v) is 3.74. The molecule has 0 aromatic heterocycles. The summed E-state index contributed by atoms with van der Waals surface area (Å²) in [5, 5.41) is 12.7. The van der Waals surface area contributed by atoms with E-state index in [1.54, 1.807) is 0 Å². The van der Waals surface area contributed by atoms with Crippen LogP contribution in [0.5, 0.6) is 0 Å². The van der Waals surface area contributed by atoms with Crippen LogP contribution in [0, 0.1) is 17.3 Å². The first-order valence-corrected chi connectivity index (χ1v) is 7.40. The molecule has 18 heavy (non-hydrogen) atoms. The van der Waals surface area contributed by atoms with Crippen LogP contribution in [0.1, 0.15) is 59.3 Å². The second-order valence-electron chi connectivity index (χ2n) is 6.46. The van der Waals surface area contributed by atoms with Crippen molar-refractivity contribution in [2.45, 2.75) is 59.3 Å². The van der Waals surface area contributed by atoms with Gasteiger partial charge in [-0.25, -0.2) is 0 Å². The number of carbonyl (C=O) groups is 1. The molecule has 3 atom stereocenters. The zero-order chi connectivity index (χ0) is 13.6. The highest BCUT2D eigenvalue weighted by Crippen LogP contribution is 2.44. The third-order valence-corrected chi connectivity index (χ3v) is 4.10. The van der Waals surface area contributed by atoms with Gasteiger partial charge in [-0.3, -0.25) is 4.79 Å². The highest BCUT2D eigenvalue weighted by molar-refractivity contribution is 5.67. The summed E-state index contributed by atoms with van der Waals surface area (Å²) in [5.41, 5.74) is -0.0172. The topological polar surface area (TPSA) is 49.3 Å². The minimum absolute atomic E-state index is 0.0172. The molecular formula is C15H29NO2. The summed E-state index contributed by atoms with van der Waals surface area (Å²) < 4.78 is 0. The molecule has 1 aliphatic rings. The quantitative estimate of drug-likeness (QED) is 0.686. The average Bonchev–Trinajstić information content (AvgIpc) is 2.21. The fourth-order valence-electron chi connectivity index (χ4n) is 3.74. The lowest BCUT2D eigenvalue weighted by Crippen LogP contribution is -2.42. The molecule has 0 amide bonds. The third-order valence-electron chi connectivity index (χ3n) is 4.10. The summed E-state index contributed by atoms with van der Waals surface area (Å²) >= 11 is 0. The van der Waals surface area contributed by atoms with Gasteiger partial charge in [0.2, 0.25) is 0 Å². The fraction of sp³-hybridized carbons (Fsp3) is 0.933. The molecule has 0 unspecified atom stereocenters. The van der Waals surface area contributed by atoms with Crippen LogP contribution in [0.2, 0.25) is 0 Å². The van der Waals surface area contributed by atoms with E-state index in [9.17, 15) is 9.90 Å². The second kappa shape index (κ2) is 7.13. The molecule has 1 aliphatic carbocycles. The minimum Gasteiger partial charge on any atom is -0.481 e. The molecular weight excluding hydrogens is 226 g/mol. The summed E-state index contributed by atoms with van der Waals surface area (Å²) in [7, 11) is 0. The van der Waals surface area contributed by atoms with Gasteiger partial charge in [0.05, 0.1) is 6.42 Å². The Morgan fingerprint density at radius 3 is 2.44 bits per heavy atom. The van der Waals surface area contributed by atoms with E-state index in [-0.39, 0.29) is 5.41 Å². The van der Waals surface area contributed by atoms with Gasteiger partial charge in [0.1, 0.15) is 0 Å². The highest BCUT2D eigenvalue weighted by Gasteiger charge is 2.39. The molecule has 0 aromatic rings. The zero-order valence-electron chi connectivity index (χ0n) is 12.2. The molecule has 0 aromatic carbocycles. The Balaban J connectivity index is 2.59. The summed E-state index contributed by atoms with van der Waals surface area (Å²) in [5.74, 6) is 0.663. The Morgan fingerprint density at radius 1 is 1.33 bits per heavy atom. The van der Waals surface area contributed by atoms with Crippen molar-refractivity contribution < 1.29 is 9.90 Å². The number of hydrogen-bond donors (Lipinski definition) is 2. The van der Waals surface area contributed by atoms with Gasteiger partial charge >= 0.3 is 5.97 Å². The predicted molar refractivity (Wildman–Crippen MR) is 74.6 cm³/mol. The summed E-state index contributed by atoms with van der Waals surface area (Å²) in [6.45, 7) is 8.59.